The number of likely N-dealkylation sites (tertiary alicyclic amines) is 1. The minimum absolute atomic E-state index is 0.0849. The topological polar surface area (TPSA) is 55.2 Å². The van der Waals surface area contributed by atoms with Crippen LogP contribution in [-0.2, 0) is 0 Å². The Morgan fingerprint density at radius 1 is 0.967 bits per heavy atom. The molecule has 2 heterocycles. The molecule has 0 N–H and O–H groups in total. The highest BCUT2D eigenvalue weighted by Crippen LogP contribution is 2.36. The average molecular weight is 402 g/mol. The van der Waals surface area contributed by atoms with Gasteiger partial charge in [0.2, 0.25) is 0 Å². The number of amides is 1. The van der Waals surface area contributed by atoms with E-state index in [1.807, 2.05) is 49.4 Å². The quantitative estimate of drug-likeness (QED) is 0.636. The van der Waals surface area contributed by atoms with Gasteiger partial charge in [0.15, 0.2) is 0 Å². The fraction of sp³-hybridized carbons (Fsp3) is 0.400. The number of fused-ring (bicyclic) bond motifs is 2. The molecule has 2 aromatic carbocycles. The molecular weight excluding hydrogens is 374 g/mol. The van der Waals surface area contributed by atoms with Gasteiger partial charge in [0.25, 0.3) is 11.5 Å². The van der Waals surface area contributed by atoms with Crippen LogP contribution in [0.25, 0.3) is 16.6 Å². The zero-order chi connectivity index (χ0) is 20.7. The lowest BCUT2D eigenvalue weighted by Gasteiger charge is -2.44. The molecule has 1 aliphatic heterocycles. The second-order valence-corrected chi connectivity index (χ2v) is 8.62. The number of aromatic nitrogens is 2. The van der Waals surface area contributed by atoms with Gasteiger partial charge >= 0.3 is 0 Å². The molecule has 1 saturated heterocycles. The standard InChI is InChI=1S/C25H27N3O2/c1-17-26-22-10-4-3-9-21(22)25(30)28(17)20-14-12-19(13-15-20)24(29)27-16-6-8-18-7-2-5-11-23(18)27/h3-4,9-10,12-15,18,23H,2,5-8,11,16H2,1H3/t18-,23-/m1/s1. The molecule has 1 aromatic heterocycles. The van der Waals surface area contributed by atoms with Gasteiger partial charge in [-0.1, -0.05) is 25.0 Å². The van der Waals surface area contributed by atoms with Gasteiger partial charge < -0.3 is 4.90 Å². The first-order valence-electron chi connectivity index (χ1n) is 11.0. The third kappa shape index (κ3) is 3.22. The summed E-state index contributed by atoms with van der Waals surface area (Å²) in [6.07, 6.45) is 7.26. The minimum atomic E-state index is -0.0849. The molecule has 30 heavy (non-hydrogen) atoms. The molecule has 2 atom stereocenters. The first kappa shape index (κ1) is 19.0. The number of carbonyl (C=O) groups is 1. The second-order valence-electron chi connectivity index (χ2n) is 8.62. The minimum Gasteiger partial charge on any atom is -0.335 e. The van der Waals surface area contributed by atoms with E-state index in [-0.39, 0.29) is 11.5 Å². The number of carbonyl (C=O) groups excluding carboxylic acids is 1. The van der Waals surface area contributed by atoms with Crippen LogP contribution in [0, 0.1) is 12.8 Å². The van der Waals surface area contributed by atoms with Crippen LogP contribution in [0.3, 0.4) is 0 Å². The summed E-state index contributed by atoms with van der Waals surface area (Å²) < 4.78 is 1.62. The third-order valence-electron chi connectivity index (χ3n) is 6.82. The Morgan fingerprint density at radius 2 is 1.70 bits per heavy atom. The number of nitrogens with zero attached hydrogens (tertiary/aromatic N) is 3. The van der Waals surface area contributed by atoms with Gasteiger partial charge in [-0.2, -0.15) is 0 Å². The summed E-state index contributed by atoms with van der Waals surface area (Å²) >= 11 is 0. The second kappa shape index (κ2) is 7.71. The molecule has 2 aliphatic rings. The molecule has 3 aromatic rings. The van der Waals surface area contributed by atoms with E-state index in [4.69, 9.17) is 0 Å². The molecule has 0 bridgehead atoms. The molecule has 1 aliphatic carbocycles. The maximum absolute atomic E-state index is 13.3. The first-order valence-corrected chi connectivity index (χ1v) is 11.0. The van der Waals surface area contributed by atoms with E-state index >= 15 is 0 Å². The molecular formula is C25H27N3O2. The van der Waals surface area contributed by atoms with Gasteiger partial charge in [0, 0.05) is 18.2 Å². The summed E-state index contributed by atoms with van der Waals surface area (Å²) in [7, 11) is 0. The van der Waals surface area contributed by atoms with Gasteiger partial charge in [-0.25, -0.2) is 4.98 Å². The molecule has 1 saturated carbocycles. The zero-order valence-electron chi connectivity index (χ0n) is 17.4. The van der Waals surface area contributed by atoms with Crippen molar-refractivity contribution in [3.63, 3.8) is 0 Å². The van der Waals surface area contributed by atoms with Gasteiger partial charge in [0.05, 0.1) is 16.6 Å². The van der Waals surface area contributed by atoms with E-state index in [0.717, 1.165) is 25.1 Å². The van der Waals surface area contributed by atoms with Crippen molar-refractivity contribution in [3.05, 3.63) is 70.3 Å². The summed E-state index contributed by atoms with van der Waals surface area (Å²) in [6.45, 7) is 2.69. The van der Waals surface area contributed by atoms with E-state index in [9.17, 15) is 9.59 Å². The Labute approximate surface area is 176 Å². The van der Waals surface area contributed by atoms with E-state index in [1.165, 1.54) is 25.7 Å². The van der Waals surface area contributed by atoms with Crippen LogP contribution in [0.5, 0.6) is 0 Å². The molecule has 5 rings (SSSR count). The van der Waals surface area contributed by atoms with Gasteiger partial charge in [-0.3, -0.25) is 14.2 Å². The molecule has 154 valence electrons. The van der Waals surface area contributed by atoms with E-state index in [0.29, 0.717) is 34.3 Å². The highest BCUT2D eigenvalue weighted by atomic mass is 16.2. The zero-order valence-corrected chi connectivity index (χ0v) is 17.4. The predicted octanol–water partition coefficient (Wildman–Crippen LogP) is 4.49. The maximum Gasteiger partial charge on any atom is 0.265 e. The molecule has 0 radical (unpaired) electrons. The normalized spacial score (nSPS) is 21.4. The van der Waals surface area contributed by atoms with Gasteiger partial charge in [-0.15, -0.1) is 0 Å². The molecule has 0 spiro atoms. The molecule has 1 amide bonds. The Kier molecular flexibility index (Phi) is 4.89. The van der Waals surface area contributed by atoms with Crippen molar-refractivity contribution in [2.24, 2.45) is 5.92 Å². The van der Waals surface area contributed by atoms with Crippen molar-refractivity contribution in [2.75, 3.05) is 6.54 Å². The first-order chi connectivity index (χ1) is 14.6. The Balaban J connectivity index is 1.46. The predicted molar refractivity (Wildman–Crippen MR) is 118 cm³/mol. The largest absolute Gasteiger partial charge is 0.335 e. The van der Waals surface area contributed by atoms with Crippen LogP contribution in [0.15, 0.2) is 53.3 Å². The SMILES string of the molecule is Cc1nc2ccccc2c(=O)n1-c1ccc(C(=O)N2CCC[C@H]3CCCC[C@H]32)cc1. The van der Waals surface area contributed by atoms with Crippen LogP contribution in [0.2, 0.25) is 0 Å². The van der Waals surface area contributed by atoms with Crippen molar-refractivity contribution >= 4 is 16.8 Å². The molecule has 2 fully saturated rings. The van der Waals surface area contributed by atoms with Crippen LogP contribution in [0.1, 0.15) is 54.7 Å². The molecule has 5 nitrogen and oxygen atoms in total. The number of piperidine rings is 1. The Morgan fingerprint density at radius 3 is 2.53 bits per heavy atom. The number of rotatable bonds is 2. The van der Waals surface area contributed by atoms with Crippen molar-refractivity contribution in [2.45, 2.75) is 51.5 Å². The van der Waals surface area contributed by atoms with Gasteiger partial charge in [-0.05, 0) is 74.9 Å². The van der Waals surface area contributed by atoms with Gasteiger partial charge in [0.1, 0.15) is 5.82 Å². The fourth-order valence-electron chi connectivity index (χ4n) is 5.34. The van der Waals surface area contributed by atoms with Crippen LogP contribution in [-0.4, -0.2) is 32.9 Å². The molecule has 5 heteroatoms. The highest BCUT2D eigenvalue weighted by molar-refractivity contribution is 5.94. The van der Waals surface area contributed by atoms with Crippen LogP contribution < -0.4 is 5.56 Å². The van der Waals surface area contributed by atoms with E-state index in [1.54, 1.807) is 10.6 Å². The van der Waals surface area contributed by atoms with Crippen molar-refractivity contribution in [3.8, 4) is 5.69 Å². The lowest BCUT2D eigenvalue weighted by molar-refractivity contribution is 0.0390. The Hall–Kier alpha value is -2.95. The van der Waals surface area contributed by atoms with Crippen LogP contribution in [0.4, 0.5) is 0 Å². The number of hydrogen-bond donors (Lipinski definition) is 0. The maximum atomic E-state index is 13.3. The monoisotopic (exact) mass is 401 g/mol. The highest BCUT2D eigenvalue weighted by Gasteiger charge is 2.35. The van der Waals surface area contributed by atoms with Crippen molar-refractivity contribution in [1.29, 1.82) is 0 Å². The van der Waals surface area contributed by atoms with E-state index < -0.39 is 0 Å². The Bertz CT molecular complexity index is 1150. The lowest BCUT2D eigenvalue weighted by Crippen LogP contribution is -2.49. The van der Waals surface area contributed by atoms with Crippen molar-refractivity contribution in [1.82, 2.24) is 14.5 Å². The number of benzene rings is 2. The summed E-state index contributed by atoms with van der Waals surface area (Å²) in [5, 5.41) is 0.597. The number of aryl methyl sites for hydroxylation is 1. The third-order valence-corrected chi connectivity index (χ3v) is 6.82. The average Bonchev–Trinajstić information content (AvgIpc) is 2.79. The summed E-state index contributed by atoms with van der Waals surface area (Å²) in [5.41, 5.74) is 2.05. The van der Waals surface area contributed by atoms with E-state index in [2.05, 4.69) is 9.88 Å². The number of hydrogen-bond acceptors (Lipinski definition) is 3. The molecule has 0 unspecified atom stereocenters. The fourth-order valence-corrected chi connectivity index (χ4v) is 5.34. The summed E-state index contributed by atoms with van der Waals surface area (Å²) in [4.78, 5) is 33.0. The smallest absolute Gasteiger partial charge is 0.265 e. The van der Waals surface area contributed by atoms with Crippen molar-refractivity contribution < 1.29 is 4.79 Å². The summed E-state index contributed by atoms with van der Waals surface area (Å²) in [6, 6.07) is 15.2. The number of para-hydroxylation sites is 1. The van der Waals surface area contributed by atoms with Crippen LogP contribution >= 0.6 is 0 Å². The lowest BCUT2D eigenvalue weighted by atomic mass is 9.78. The summed E-state index contributed by atoms with van der Waals surface area (Å²) in [5.74, 6) is 1.43.